The van der Waals surface area contributed by atoms with Gasteiger partial charge in [0.05, 0.1) is 25.5 Å². The van der Waals surface area contributed by atoms with Crippen LogP contribution in [-0.2, 0) is 11.2 Å². The van der Waals surface area contributed by atoms with Crippen LogP contribution in [0.2, 0.25) is 0 Å². The Labute approximate surface area is 163 Å². The number of anilines is 1. The highest BCUT2D eigenvalue weighted by atomic mass is 16.5. The zero-order chi connectivity index (χ0) is 19.9. The predicted octanol–water partition coefficient (Wildman–Crippen LogP) is 4.32. The minimum absolute atomic E-state index is 0.240. The van der Waals surface area contributed by atoms with Crippen LogP contribution >= 0.6 is 0 Å². The van der Waals surface area contributed by atoms with Crippen LogP contribution in [0.25, 0.3) is 0 Å². The maximum Gasteiger partial charge on any atom is 0.337 e. The molecule has 0 aliphatic heterocycles. The molecule has 0 fully saturated rings. The van der Waals surface area contributed by atoms with E-state index in [2.05, 4.69) is 5.32 Å². The van der Waals surface area contributed by atoms with E-state index in [0.717, 1.165) is 11.1 Å². The highest BCUT2D eigenvalue weighted by molar-refractivity contribution is 6.06. The van der Waals surface area contributed by atoms with Gasteiger partial charge in [0.15, 0.2) is 0 Å². The molecule has 0 aromatic heterocycles. The van der Waals surface area contributed by atoms with Gasteiger partial charge in [-0.15, -0.1) is 0 Å². The number of benzene rings is 3. The van der Waals surface area contributed by atoms with E-state index in [-0.39, 0.29) is 5.91 Å². The predicted molar refractivity (Wildman–Crippen MR) is 108 cm³/mol. The standard InChI is InChI=1S/C23H21NO4/c1-27-21-15-18(23(26)28-2)12-13-20(21)24-22(25)19-11-7-6-10-17(19)14-16-8-4-3-5-9-16/h3-13,15H,14H2,1-2H3,(H,24,25). The second kappa shape index (κ2) is 8.86. The summed E-state index contributed by atoms with van der Waals surface area (Å²) in [6, 6.07) is 22.2. The summed E-state index contributed by atoms with van der Waals surface area (Å²) in [6.45, 7) is 0. The molecule has 0 atom stereocenters. The van der Waals surface area contributed by atoms with Gasteiger partial charge in [-0.3, -0.25) is 4.79 Å². The molecule has 0 saturated carbocycles. The van der Waals surface area contributed by atoms with E-state index in [9.17, 15) is 9.59 Å². The fourth-order valence-corrected chi connectivity index (χ4v) is 2.94. The van der Waals surface area contributed by atoms with Crippen molar-refractivity contribution in [2.75, 3.05) is 19.5 Å². The third-order valence-corrected chi connectivity index (χ3v) is 4.37. The van der Waals surface area contributed by atoms with Crippen molar-refractivity contribution in [1.82, 2.24) is 0 Å². The number of carbonyl (C=O) groups excluding carboxylic acids is 2. The Morgan fingerprint density at radius 3 is 2.32 bits per heavy atom. The molecule has 0 spiro atoms. The highest BCUT2D eigenvalue weighted by Crippen LogP contribution is 2.27. The lowest BCUT2D eigenvalue weighted by Crippen LogP contribution is -2.15. The second-order valence-corrected chi connectivity index (χ2v) is 6.18. The van der Waals surface area contributed by atoms with Crippen molar-refractivity contribution in [2.45, 2.75) is 6.42 Å². The van der Waals surface area contributed by atoms with Gasteiger partial charge in [0.25, 0.3) is 5.91 Å². The third kappa shape index (κ3) is 4.38. The number of nitrogens with one attached hydrogen (secondary N) is 1. The van der Waals surface area contributed by atoms with E-state index < -0.39 is 5.97 Å². The van der Waals surface area contributed by atoms with Crippen molar-refractivity contribution >= 4 is 17.6 Å². The average molecular weight is 375 g/mol. The second-order valence-electron chi connectivity index (χ2n) is 6.18. The molecule has 28 heavy (non-hydrogen) atoms. The van der Waals surface area contributed by atoms with Gasteiger partial charge in [-0.2, -0.15) is 0 Å². The Morgan fingerprint density at radius 2 is 1.61 bits per heavy atom. The molecule has 0 heterocycles. The topological polar surface area (TPSA) is 64.6 Å². The van der Waals surface area contributed by atoms with Gasteiger partial charge in [-0.1, -0.05) is 48.5 Å². The number of esters is 1. The number of methoxy groups -OCH3 is 2. The molecule has 0 aliphatic carbocycles. The first-order valence-electron chi connectivity index (χ1n) is 8.82. The third-order valence-electron chi connectivity index (χ3n) is 4.37. The van der Waals surface area contributed by atoms with Gasteiger partial charge < -0.3 is 14.8 Å². The first-order chi connectivity index (χ1) is 13.6. The van der Waals surface area contributed by atoms with E-state index in [1.807, 2.05) is 48.5 Å². The van der Waals surface area contributed by atoms with Crippen LogP contribution < -0.4 is 10.1 Å². The lowest BCUT2D eigenvalue weighted by atomic mass is 9.99. The lowest BCUT2D eigenvalue weighted by Gasteiger charge is -2.13. The van der Waals surface area contributed by atoms with E-state index in [4.69, 9.17) is 9.47 Å². The summed E-state index contributed by atoms with van der Waals surface area (Å²) in [5, 5.41) is 2.87. The van der Waals surface area contributed by atoms with E-state index in [1.165, 1.54) is 20.3 Å². The average Bonchev–Trinajstić information content (AvgIpc) is 2.74. The van der Waals surface area contributed by atoms with Gasteiger partial charge in [0.2, 0.25) is 0 Å². The molecule has 1 N–H and O–H groups in total. The van der Waals surface area contributed by atoms with Crippen molar-refractivity contribution in [3.63, 3.8) is 0 Å². The van der Waals surface area contributed by atoms with Crippen LogP contribution in [0.3, 0.4) is 0 Å². The van der Waals surface area contributed by atoms with Gasteiger partial charge in [0, 0.05) is 5.56 Å². The van der Waals surface area contributed by atoms with E-state index in [0.29, 0.717) is 29.0 Å². The highest BCUT2D eigenvalue weighted by Gasteiger charge is 2.15. The molecule has 0 bridgehead atoms. The zero-order valence-electron chi connectivity index (χ0n) is 15.8. The summed E-state index contributed by atoms with van der Waals surface area (Å²) >= 11 is 0. The molecule has 0 unspecified atom stereocenters. The molecule has 5 heteroatoms. The fourth-order valence-electron chi connectivity index (χ4n) is 2.94. The van der Waals surface area contributed by atoms with Crippen molar-refractivity contribution < 1.29 is 19.1 Å². The summed E-state index contributed by atoms with van der Waals surface area (Å²) in [5.41, 5.74) is 3.47. The van der Waals surface area contributed by atoms with Crippen LogP contribution in [0.5, 0.6) is 5.75 Å². The zero-order valence-corrected chi connectivity index (χ0v) is 15.8. The first-order valence-corrected chi connectivity index (χ1v) is 8.82. The monoisotopic (exact) mass is 375 g/mol. The molecular formula is C23H21NO4. The Bertz CT molecular complexity index is 983. The Hall–Kier alpha value is -3.60. The maximum absolute atomic E-state index is 12.9. The van der Waals surface area contributed by atoms with Crippen molar-refractivity contribution in [2.24, 2.45) is 0 Å². The number of carbonyl (C=O) groups is 2. The van der Waals surface area contributed by atoms with Crippen molar-refractivity contribution in [3.8, 4) is 5.75 Å². The smallest absolute Gasteiger partial charge is 0.337 e. The van der Waals surface area contributed by atoms with Gasteiger partial charge >= 0.3 is 5.97 Å². The summed E-state index contributed by atoms with van der Waals surface area (Å²) in [5.74, 6) is -0.322. The molecule has 5 nitrogen and oxygen atoms in total. The summed E-state index contributed by atoms with van der Waals surface area (Å²) < 4.78 is 10.0. The van der Waals surface area contributed by atoms with Crippen LogP contribution in [0, 0.1) is 0 Å². The van der Waals surface area contributed by atoms with Gasteiger partial charge in [-0.05, 0) is 41.8 Å². The fraction of sp³-hybridized carbons (Fsp3) is 0.130. The normalized spacial score (nSPS) is 10.2. The molecule has 142 valence electrons. The van der Waals surface area contributed by atoms with Crippen LogP contribution in [0.4, 0.5) is 5.69 Å². The number of ether oxygens (including phenoxy) is 2. The minimum Gasteiger partial charge on any atom is -0.495 e. The Balaban J connectivity index is 1.85. The van der Waals surface area contributed by atoms with E-state index >= 15 is 0 Å². The van der Waals surface area contributed by atoms with Crippen molar-refractivity contribution in [3.05, 3.63) is 95.1 Å². The molecule has 3 aromatic carbocycles. The Morgan fingerprint density at radius 1 is 0.893 bits per heavy atom. The van der Waals surface area contributed by atoms with Crippen molar-refractivity contribution in [1.29, 1.82) is 0 Å². The van der Waals surface area contributed by atoms with Crippen LogP contribution in [0.1, 0.15) is 31.8 Å². The lowest BCUT2D eigenvalue weighted by molar-refractivity contribution is 0.0600. The minimum atomic E-state index is -0.468. The number of hydrogen-bond donors (Lipinski definition) is 1. The van der Waals surface area contributed by atoms with Gasteiger partial charge in [0.1, 0.15) is 5.75 Å². The number of rotatable bonds is 6. The summed E-state index contributed by atoms with van der Waals surface area (Å²) in [4.78, 5) is 24.6. The quantitative estimate of drug-likeness (QED) is 0.652. The number of hydrogen-bond acceptors (Lipinski definition) is 4. The molecule has 1 amide bonds. The Kier molecular flexibility index (Phi) is 6.07. The molecule has 3 rings (SSSR count). The summed E-state index contributed by atoms with van der Waals surface area (Å²) in [6.07, 6.45) is 0.656. The van der Waals surface area contributed by atoms with Gasteiger partial charge in [-0.25, -0.2) is 4.79 Å². The van der Waals surface area contributed by atoms with Crippen LogP contribution in [-0.4, -0.2) is 26.1 Å². The largest absolute Gasteiger partial charge is 0.495 e. The molecule has 0 saturated heterocycles. The molecule has 0 aliphatic rings. The molecule has 3 aromatic rings. The maximum atomic E-state index is 12.9. The molecule has 0 radical (unpaired) electrons. The number of amides is 1. The first kappa shape index (κ1) is 19.2. The van der Waals surface area contributed by atoms with Crippen LogP contribution in [0.15, 0.2) is 72.8 Å². The molecular weight excluding hydrogens is 354 g/mol. The van der Waals surface area contributed by atoms with E-state index in [1.54, 1.807) is 18.2 Å². The SMILES string of the molecule is COC(=O)c1ccc(NC(=O)c2ccccc2Cc2ccccc2)c(OC)c1. The summed E-state index contributed by atoms with van der Waals surface area (Å²) in [7, 11) is 2.80.